The molecule has 0 aliphatic carbocycles. The van der Waals surface area contributed by atoms with Crippen molar-refractivity contribution in [1.82, 2.24) is 14.8 Å². The predicted octanol–water partition coefficient (Wildman–Crippen LogP) is 3.11. The molecule has 0 fully saturated rings. The monoisotopic (exact) mass is 329 g/mol. The molecule has 0 unspecified atom stereocenters. The smallest absolute Gasteiger partial charge is 0.237 e. The van der Waals surface area contributed by atoms with Gasteiger partial charge < -0.3 is 4.90 Å². The van der Waals surface area contributed by atoms with Crippen molar-refractivity contribution >= 4 is 5.91 Å². The lowest BCUT2D eigenvalue weighted by Gasteiger charge is -2.30. The summed E-state index contributed by atoms with van der Waals surface area (Å²) in [5.41, 5.74) is 1.43. The van der Waals surface area contributed by atoms with Gasteiger partial charge in [-0.2, -0.15) is 0 Å². The highest BCUT2D eigenvalue weighted by Gasteiger charge is 2.25. The van der Waals surface area contributed by atoms with Gasteiger partial charge in [-0.05, 0) is 42.9 Å². The van der Waals surface area contributed by atoms with Crippen LogP contribution in [-0.4, -0.2) is 47.4 Å². The standard InChI is InChI=1S/C19H24FN3O/c1-4-23(5-2)14-18(24)22(3)19(17-11-6-7-12-21-17)15-9-8-10-16(20)13-15/h6-13,19H,4-5,14H2,1-3H3/t19-/m0/s1. The Hall–Kier alpha value is -2.27. The van der Waals surface area contributed by atoms with E-state index in [0.29, 0.717) is 12.1 Å². The number of amides is 1. The number of carbonyl (C=O) groups is 1. The lowest BCUT2D eigenvalue weighted by atomic mass is 10.0. The number of rotatable bonds is 7. The van der Waals surface area contributed by atoms with Crippen molar-refractivity contribution in [3.8, 4) is 0 Å². The molecule has 0 radical (unpaired) electrons. The van der Waals surface area contributed by atoms with E-state index < -0.39 is 6.04 Å². The molecular weight excluding hydrogens is 305 g/mol. The fourth-order valence-corrected chi connectivity index (χ4v) is 2.70. The van der Waals surface area contributed by atoms with Gasteiger partial charge in [0.25, 0.3) is 0 Å². The quantitative estimate of drug-likeness (QED) is 0.783. The Morgan fingerprint density at radius 2 is 1.92 bits per heavy atom. The lowest BCUT2D eigenvalue weighted by Crippen LogP contribution is -2.40. The van der Waals surface area contributed by atoms with Crippen LogP contribution >= 0.6 is 0 Å². The van der Waals surface area contributed by atoms with Gasteiger partial charge in [-0.1, -0.05) is 32.0 Å². The molecule has 1 aromatic carbocycles. The summed E-state index contributed by atoms with van der Waals surface area (Å²) in [6.07, 6.45) is 1.68. The lowest BCUT2D eigenvalue weighted by molar-refractivity contribution is -0.132. The second-order valence-electron chi connectivity index (χ2n) is 5.68. The van der Waals surface area contributed by atoms with Crippen LogP contribution in [0.25, 0.3) is 0 Å². The third-order valence-electron chi connectivity index (χ3n) is 4.17. The molecule has 2 aromatic rings. The third kappa shape index (κ3) is 4.38. The first-order valence-corrected chi connectivity index (χ1v) is 8.21. The number of nitrogens with zero attached hydrogens (tertiary/aromatic N) is 3. The molecule has 0 aliphatic rings. The van der Waals surface area contributed by atoms with Gasteiger partial charge in [0.1, 0.15) is 5.82 Å². The van der Waals surface area contributed by atoms with Gasteiger partial charge in [-0.3, -0.25) is 14.7 Å². The number of hydrogen-bond donors (Lipinski definition) is 0. The molecule has 5 heteroatoms. The summed E-state index contributed by atoms with van der Waals surface area (Å²) in [6.45, 7) is 6.01. The summed E-state index contributed by atoms with van der Waals surface area (Å²) in [5.74, 6) is -0.336. The first-order chi connectivity index (χ1) is 11.6. The van der Waals surface area contributed by atoms with E-state index in [1.807, 2.05) is 38.1 Å². The summed E-state index contributed by atoms with van der Waals surface area (Å²) in [5, 5.41) is 0. The van der Waals surface area contributed by atoms with Crippen LogP contribution in [0.5, 0.6) is 0 Å². The van der Waals surface area contributed by atoms with Crippen molar-refractivity contribution in [2.45, 2.75) is 19.9 Å². The second kappa shape index (κ2) is 8.55. The molecule has 1 amide bonds. The molecule has 0 saturated carbocycles. The van der Waals surface area contributed by atoms with Crippen molar-refractivity contribution < 1.29 is 9.18 Å². The van der Waals surface area contributed by atoms with E-state index in [-0.39, 0.29) is 11.7 Å². The molecule has 24 heavy (non-hydrogen) atoms. The van der Waals surface area contributed by atoms with Crippen LogP contribution in [0.1, 0.15) is 31.1 Å². The third-order valence-corrected chi connectivity index (χ3v) is 4.17. The zero-order chi connectivity index (χ0) is 17.5. The van der Waals surface area contributed by atoms with Crippen molar-refractivity contribution in [2.75, 3.05) is 26.7 Å². The largest absolute Gasteiger partial charge is 0.332 e. The average molecular weight is 329 g/mol. The summed E-state index contributed by atoms with van der Waals surface area (Å²) >= 11 is 0. The van der Waals surface area contributed by atoms with Crippen LogP contribution < -0.4 is 0 Å². The highest BCUT2D eigenvalue weighted by Crippen LogP contribution is 2.26. The molecule has 128 valence electrons. The highest BCUT2D eigenvalue weighted by molar-refractivity contribution is 5.79. The molecule has 1 atom stereocenters. The fraction of sp³-hybridized carbons (Fsp3) is 0.368. The molecule has 0 N–H and O–H groups in total. The van der Waals surface area contributed by atoms with Gasteiger partial charge in [0, 0.05) is 13.2 Å². The van der Waals surface area contributed by atoms with Crippen LogP contribution in [0.3, 0.4) is 0 Å². The minimum Gasteiger partial charge on any atom is -0.332 e. The van der Waals surface area contributed by atoms with Crippen LogP contribution in [0.4, 0.5) is 4.39 Å². The molecule has 1 heterocycles. The van der Waals surface area contributed by atoms with Gasteiger partial charge in [0.2, 0.25) is 5.91 Å². The zero-order valence-electron chi connectivity index (χ0n) is 14.4. The van der Waals surface area contributed by atoms with Crippen molar-refractivity contribution in [3.63, 3.8) is 0 Å². The summed E-state index contributed by atoms with van der Waals surface area (Å²) < 4.78 is 13.7. The minimum absolute atomic E-state index is 0.0152. The van der Waals surface area contributed by atoms with Crippen LogP contribution in [0.15, 0.2) is 48.7 Å². The normalized spacial score (nSPS) is 12.2. The number of benzene rings is 1. The molecule has 0 bridgehead atoms. The SMILES string of the molecule is CCN(CC)CC(=O)N(C)[C@@H](c1cccc(F)c1)c1ccccn1. The van der Waals surface area contributed by atoms with Gasteiger partial charge in [0.15, 0.2) is 0 Å². The minimum atomic E-state index is -0.412. The Kier molecular flexibility index (Phi) is 6.44. The highest BCUT2D eigenvalue weighted by atomic mass is 19.1. The predicted molar refractivity (Wildman–Crippen MR) is 93.0 cm³/mol. The zero-order valence-corrected chi connectivity index (χ0v) is 14.4. The van der Waals surface area contributed by atoms with E-state index in [9.17, 15) is 9.18 Å². The molecule has 0 saturated heterocycles. The van der Waals surface area contributed by atoms with Gasteiger partial charge in [0.05, 0.1) is 18.3 Å². The van der Waals surface area contributed by atoms with Crippen molar-refractivity contribution in [3.05, 3.63) is 65.7 Å². The van der Waals surface area contributed by atoms with Crippen molar-refractivity contribution in [2.24, 2.45) is 0 Å². The maximum absolute atomic E-state index is 13.7. The summed E-state index contributed by atoms with van der Waals surface area (Å²) in [4.78, 5) is 20.8. The van der Waals surface area contributed by atoms with E-state index in [4.69, 9.17) is 0 Å². The Balaban J connectivity index is 2.34. The number of carbonyl (C=O) groups excluding carboxylic acids is 1. The maximum atomic E-state index is 13.7. The van der Waals surface area contributed by atoms with E-state index in [1.54, 1.807) is 24.2 Å². The molecule has 4 nitrogen and oxygen atoms in total. The first-order valence-electron chi connectivity index (χ1n) is 8.21. The van der Waals surface area contributed by atoms with Crippen LogP contribution in [-0.2, 0) is 4.79 Å². The topological polar surface area (TPSA) is 36.4 Å². The Morgan fingerprint density at radius 3 is 2.50 bits per heavy atom. The number of halogens is 1. The molecule has 1 aromatic heterocycles. The van der Waals surface area contributed by atoms with E-state index in [2.05, 4.69) is 9.88 Å². The average Bonchev–Trinajstić information content (AvgIpc) is 2.60. The van der Waals surface area contributed by atoms with E-state index in [1.165, 1.54) is 12.1 Å². The number of likely N-dealkylation sites (N-methyl/N-ethyl adjacent to an activating group) is 2. The summed E-state index contributed by atoms with van der Waals surface area (Å²) in [6, 6.07) is 11.5. The van der Waals surface area contributed by atoms with Crippen LogP contribution in [0.2, 0.25) is 0 Å². The summed E-state index contributed by atoms with van der Waals surface area (Å²) in [7, 11) is 1.75. The molecule has 0 spiro atoms. The van der Waals surface area contributed by atoms with Crippen LogP contribution in [0, 0.1) is 5.82 Å². The number of pyridine rings is 1. The van der Waals surface area contributed by atoms with Gasteiger partial charge in [-0.25, -0.2) is 4.39 Å². The molecule has 2 rings (SSSR count). The maximum Gasteiger partial charge on any atom is 0.237 e. The van der Waals surface area contributed by atoms with Gasteiger partial charge in [-0.15, -0.1) is 0 Å². The van der Waals surface area contributed by atoms with E-state index >= 15 is 0 Å². The number of hydrogen-bond acceptors (Lipinski definition) is 3. The van der Waals surface area contributed by atoms with E-state index in [0.717, 1.165) is 18.8 Å². The second-order valence-corrected chi connectivity index (χ2v) is 5.68. The Morgan fingerprint density at radius 1 is 1.17 bits per heavy atom. The van der Waals surface area contributed by atoms with Gasteiger partial charge >= 0.3 is 0 Å². The Bertz CT molecular complexity index is 659. The molecule has 0 aliphatic heterocycles. The molecular formula is C19H24FN3O. The Labute approximate surface area is 142 Å². The number of aromatic nitrogens is 1. The van der Waals surface area contributed by atoms with Crippen molar-refractivity contribution in [1.29, 1.82) is 0 Å². The first kappa shape index (κ1) is 18.1. The fourth-order valence-electron chi connectivity index (χ4n) is 2.70.